The van der Waals surface area contributed by atoms with Gasteiger partial charge in [-0.05, 0) is 60.9 Å². The van der Waals surface area contributed by atoms with Crippen LogP contribution in [0.25, 0.3) is 11.3 Å². The zero-order chi connectivity index (χ0) is 24.6. The van der Waals surface area contributed by atoms with Crippen LogP contribution in [0.3, 0.4) is 0 Å². The highest BCUT2D eigenvalue weighted by Crippen LogP contribution is 2.42. The van der Waals surface area contributed by atoms with E-state index in [2.05, 4.69) is 15.0 Å². The number of aromatic nitrogens is 3. The summed E-state index contributed by atoms with van der Waals surface area (Å²) in [6.45, 7) is 3.51. The van der Waals surface area contributed by atoms with Crippen LogP contribution in [0, 0.1) is 17.6 Å². The molecule has 0 bridgehead atoms. The second-order valence-electron chi connectivity index (χ2n) is 9.10. The molecule has 34 heavy (non-hydrogen) atoms. The molecule has 1 aliphatic rings. The number of hydrogen-bond acceptors (Lipinski definition) is 7. The molecule has 0 spiro atoms. The molecule has 4 rings (SSSR count). The van der Waals surface area contributed by atoms with Gasteiger partial charge in [-0.1, -0.05) is 6.92 Å². The summed E-state index contributed by atoms with van der Waals surface area (Å²) in [5.41, 5.74) is 5.85. The molecule has 1 saturated carbocycles. The molecule has 1 fully saturated rings. The summed E-state index contributed by atoms with van der Waals surface area (Å²) in [6.07, 6.45) is 4.94. The van der Waals surface area contributed by atoms with Crippen molar-refractivity contribution >= 4 is 11.5 Å². The first-order valence-corrected chi connectivity index (χ1v) is 11.0. The van der Waals surface area contributed by atoms with Gasteiger partial charge in [-0.2, -0.15) is 0 Å². The molecule has 0 unspecified atom stereocenters. The number of aliphatic hydroxyl groups is 2. The Labute approximate surface area is 195 Å². The van der Waals surface area contributed by atoms with E-state index in [1.807, 2.05) is 13.0 Å². The average Bonchev–Trinajstić information content (AvgIpc) is 2.78. The van der Waals surface area contributed by atoms with Gasteiger partial charge in [0, 0.05) is 18.8 Å². The van der Waals surface area contributed by atoms with Crippen molar-refractivity contribution in [3.05, 3.63) is 71.4 Å². The van der Waals surface area contributed by atoms with Gasteiger partial charge in [-0.3, -0.25) is 14.8 Å². The van der Waals surface area contributed by atoms with Gasteiger partial charge in [-0.25, -0.2) is 13.8 Å². The molecule has 0 aliphatic heterocycles. The lowest BCUT2D eigenvalue weighted by molar-refractivity contribution is -0.123. The van der Waals surface area contributed by atoms with E-state index in [0.29, 0.717) is 18.4 Å². The van der Waals surface area contributed by atoms with Crippen molar-refractivity contribution in [3.63, 3.8) is 0 Å². The Bertz CT molecular complexity index is 1200. The Kier molecular flexibility index (Phi) is 6.42. The van der Waals surface area contributed by atoms with E-state index in [0.717, 1.165) is 18.0 Å². The van der Waals surface area contributed by atoms with Gasteiger partial charge in [0.25, 0.3) is 0 Å². The number of rotatable bonds is 5. The second-order valence-corrected chi connectivity index (χ2v) is 9.10. The van der Waals surface area contributed by atoms with Crippen molar-refractivity contribution in [2.75, 3.05) is 5.73 Å². The van der Waals surface area contributed by atoms with Gasteiger partial charge < -0.3 is 15.9 Å². The number of halogens is 2. The van der Waals surface area contributed by atoms with Crippen LogP contribution in [0.2, 0.25) is 0 Å². The van der Waals surface area contributed by atoms with E-state index in [1.54, 1.807) is 19.3 Å². The highest BCUT2D eigenvalue weighted by molar-refractivity contribution is 6.00. The van der Waals surface area contributed by atoms with Gasteiger partial charge in [0.15, 0.2) is 17.4 Å². The number of aliphatic hydroxyl groups excluding tert-OH is 1. The third-order valence-electron chi connectivity index (χ3n) is 6.85. The maximum atomic E-state index is 14.2. The third kappa shape index (κ3) is 4.41. The molecule has 4 N–H and O–H groups in total. The molecule has 7 nitrogen and oxygen atoms in total. The molecule has 3 aromatic heterocycles. The van der Waals surface area contributed by atoms with Crippen molar-refractivity contribution in [1.29, 1.82) is 0 Å². The lowest BCUT2D eigenvalue weighted by Gasteiger charge is -2.43. The van der Waals surface area contributed by atoms with E-state index in [9.17, 15) is 23.8 Å². The van der Waals surface area contributed by atoms with Crippen LogP contribution in [0.15, 0.2) is 43.0 Å². The van der Waals surface area contributed by atoms with Crippen LogP contribution in [0.4, 0.5) is 14.5 Å². The van der Waals surface area contributed by atoms with Crippen LogP contribution >= 0.6 is 0 Å². The largest absolute Gasteiger partial charge is 0.397 e. The maximum absolute atomic E-state index is 14.2. The Morgan fingerprint density at radius 1 is 1.15 bits per heavy atom. The van der Waals surface area contributed by atoms with Gasteiger partial charge in [0.1, 0.15) is 5.69 Å². The van der Waals surface area contributed by atoms with E-state index in [1.165, 1.54) is 12.1 Å². The fraction of sp³-hybridized carbons (Fsp3) is 0.360. The molecule has 0 saturated heterocycles. The van der Waals surface area contributed by atoms with E-state index in [-0.39, 0.29) is 40.9 Å². The minimum absolute atomic E-state index is 0.0622. The monoisotopic (exact) mass is 468 g/mol. The Balaban J connectivity index is 1.64. The third-order valence-corrected chi connectivity index (χ3v) is 6.85. The van der Waals surface area contributed by atoms with Gasteiger partial charge in [0.2, 0.25) is 0 Å². The molecule has 178 valence electrons. The first-order chi connectivity index (χ1) is 16.1. The first-order valence-electron chi connectivity index (χ1n) is 11.0. The fourth-order valence-corrected chi connectivity index (χ4v) is 4.58. The molecule has 4 atom stereocenters. The summed E-state index contributed by atoms with van der Waals surface area (Å²) in [5, 5.41) is 21.0. The molecule has 9 heteroatoms. The Hall–Kier alpha value is -3.30. The number of carbonyl (C=O) groups excluding carboxylic acids is 1. The van der Waals surface area contributed by atoms with Crippen LogP contribution in [-0.2, 0) is 6.42 Å². The Morgan fingerprint density at radius 2 is 1.85 bits per heavy atom. The zero-order valence-electron chi connectivity index (χ0n) is 18.9. The Morgan fingerprint density at radius 3 is 2.53 bits per heavy atom. The van der Waals surface area contributed by atoms with Crippen LogP contribution in [-0.4, -0.2) is 42.7 Å². The van der Waals surface area contributed by atoms with E-state index in [4.69, 9.17) is 5.73 Å². The average molecular weight is 469 g/mol. The summed E-state index contributed by atoms with van der Waals surface area (Å²) in [7, 11) is 0. The number of Topliss-reactive ketones (excluding diaryl/α,β-unsaturated/α-hetero) is 1. The summed E-state index contributed by atoms with van der Waals surface area (Å²) in [4.78, 5) is 25.0. The second kappa shape index (κ2) is 9.15. The van der Waals surface area contributed by atoms with Crippen LogP contribution < -0.4 is 5.73 Å². The van der Waals surface area contributed by atoms with Crippen LogP contribution in [0.5, 0.6) is 0 Å². The molecular formula is C25H26F2N4O3. The molecule has 0 amide bonds. The lowest BCUT2D eigenvalue weighted by atomic mass is 9.68. The van der Waals surface area contributed by atoms with Gasteiger partial charge >= 0.3 is 0 Å². The van der Waals surface area contributed by atoms with Crippen molar-refractivity contribution in [2.45, 2.75) is 50.7 Å². The normalized spacial score (nSPS) is 24.7. The minimum Gasteiger partial charge on any atom is -0.397 e. The van der Waals surface area contributed by atoms with E-state index < -0.39 is 29.1 Å². The van der Waals surface area contributed by atoms with Crippen molar-refractivity contribution in [3.8, 4) is 11.3 Å². The molecule has 1 aliphatic carbocycles. The number of anilines is 1. The summed E-state index contributed by atoms with van der Waals surface area (Å²) in [6, 6.07) is 4.54. The highest BCUT2D eigenvalue weighted by Gasteiger charge is 2.43. The minimum atomic E-state index is -1.18. The number of nitrogens with two attached hydrogens (primary N) is 1. The summed E-state index contributed by atoms with van der Waals surface area (Å²) >= 11 is 0. The van der Waals surface area contributed by atoms with Gasteiger partial charge in [0.05, 0.1) is 41.0 Å². The number of nitrogens with zero attached hydrogens (tertiary/aromatic N) is 3. The number of nitrogen functional groups attached to an aromatic ring is 1. The zero-order valence-corrected chi connectivity index (χ0v) is 18.9. The SMILES string of the molecule is C[C@H]1C[C@@H](c2ccncc2CC(=O)c2nc(-c3c(F)cncc3F)ccc2N)C[C@@H](O)[C@]1(C)O. The maximum Gasteiger partial charge on any atom is 0.187 e. The topological polar surface area (TPSA) is 122 Å². The number of pyridine rings is 3. The fourth-order valence-electron chi connectivity index (χ4n) is 4.58. The van der Waals surface area contributed by atoms with Crippen molar-refractivity contribution < 1.29 is 23.8 Å². The number of carbonyl (C=O) groups is 1. The molecule has 3 aromatic rings. The molecule has 0 radical (unpaired) electrons. The van der Waals surface area contributed by atoms with E-state index >= 15 is 0 Å². The molecule has 0 aromatic carbocycles. The lowest BCUT2D eigenvalue weighted by Crippen LogP contribution is -2.49. The summed E-state index contributed by atoms with van der Waals surface area (Å²) in [5.74, 6) is -2.46. The summed E-state index contributed by atoms with van der Waals surface area (Å²) < 4.78 is 28.4. The predicted molar refractivity (Wildman–Crippen MR) is 122 cm³/mol. The quantitative estimate of drug-likeness (QED) is 0.490. The molecule has 3 heterocycles. The van der Waals surface area contributed by atoms with Crippen molar-refractivity contribution in [2.24, 2.45) is 5.92 Å². The smallest absolute Gasteiger partial charge is 0.187 e. The first kappa shape index (κ1) is 23.8. The number of ketones is 1. The van der Waals surface area contributed by atoms with Crippen LogP contribution in [0.1, 0.15) is 54.2 Å². The van der Waals surface area contributed by atoms with Gasteiger partial charge in [-0.15, -0.1) is 0 Å². The highest BCUT2D eigenvalue weighted by atomic mass is 19.1. The predicted octanol–water partition coefficient (Wildman–Crippen LogP) is 3.45. The molecular weight excluding hydrogens is 442 g/mol. The standard InChI is InChI=1S/C25H26F2N4O3/c1-13-7-14(9-22(33)25(13,2)34)16-5-6-29-10-15(16)8-21(32)24-19(28)3-4-20(31-24)23-17(26)11-30-12-18(23)27/h3-6,10-14,22,33-34H,7-9,28H2,1-2H3/t13-,14+,22+,25+/m0/s1. The number of hydrogen-bond donors (Lipinski definition) is 3. The van der Waals surface area contributed by atoms with Crippen molar-refractivity contribution in [1.82, 2.24) is 15.0 Å².